The first kappa shape index (κ1) is 9.43. The van der Waals surface area contributed by atoms with E-state index in [1.54, 1.807) is 7.11 Å². The summed E-state index contributed by atoms with van der Waals surface area (Å²) in [5, 5.41) is 0. The molecule has 0 bridgehead atoms. The molecular weight excluding hydrogens is 128 g/mol. The number of rotatable bonds is 4. The van der Waals surface area contributed by atoms with Crippen molar-refractivity contribution in [3.05, 3.63) is 0 Å². The summed E-state index contributed by atoms with van der Waals surface area (Å²) in [7, 11) is 1.66. The van der Waals surface area contributed by atoms with Gasteiger partial charge in [-0.2, -0.15) is 0 Å². The molecule has 0 aliphatic heterocycles. The SMILES string of the molecule is COCCC(N)=NC(C)C. The van der Waals surface area contributed by atoms with Crippen LogP contribution in [0.15, 0.2) is 4.99 Å². The Hall–Kier alpha value is -0.570. The standard InChI is InChI=1S/C7H16N2O/c1-6(2)9-7(8)4-5-10-3/h6H,4-5H2,1-3H3,(H2,8,9). The van der Waals surface area contributed by atoms with Crippen molar-refractivity contribution in [1.29, 1.82) is 0 Å². The summed E-state index contributed by atoms with van der Waals surface area (Å²) in [5.41, 5.74) is 5.53. The molecule has 0 aromatic heterocycles. The van der Waals surface area contributed by atoms with Gasteiger partial charge in [-0.15, -0.1) is 0 Å². The van der Waals surface area contributed by atoms with Gasteiger partial charge in [-0.1, -0.05) is 0 Å². The van der Waals surface area contributed by atoms with Crippen molar-refractivity contribution >= 4 is 5.84 Å². The zero-order valence-electron chi connectivity index (χ0n) is 6.92. The third-order valence-electron chi connectivity index (χ3n) is 0.986. The maximum absolute atomic E-state index is 5.53. The van der Waals surface area contributed by atoms with Crippen LogP contribution in [-0.4, -0.2) is 25.6 Å². The molecule has 0 unspecified atom stereocenters. The Morgan fingerprint density at radius 1 is 1.60 bits per heavy atom. The van der Waals surface area contributed by atoms with Crippen molar-refractivity contribution in [2.45, 2.75) is 26.3 Å². The van der Waals surface area contributed by atoms with Crippen LogP contribution in [0.4, 0.5) is 0 Å². The van der Waals surface area contributed by atoms with E-state index in [-0.39, 0.29) is 6.04 Å². The molecule has 0 amide bonds. The zero-order chi connectivity index (χ0) is 7.98. The fourth-order valence-electron chi connectivity index (χ4n) is 0.603. The Morgan fingerprint density at radius 2 is 2.20 bits per heavy atom. The maximum atomic E-state index is 5.53. The normalized spacial score (nSPS) is 12.6. The van der Waals surface area contributed by atoms with Crippen molar-refractivity contribution in [3.8, 4) is 0 Å². The third-order valence-corrected chi connectivity index (χ3v) is 0.986. The second-order valence-electron chi connectivity index (χ2n) is 2.46. The average molecular weight is 144 g/mol. The van der Waals surface area contributed by atoms with Crippen molar-refractivity contribution in [2.75, 3.05) is 13.7 Å². The largest absolute Gasteiger partial charge is 0.387 e. The molecule has 3 heteroatoms. The Morgan fingerprint density at radius 3 is 2.60 bits per heavy atom. The van der Waals surface area contributed by atoms with Crippen LogP contribution in [0.1, 0.15) is 20.3 Å². The lowest BCUT2D eigenvalue weighted by Gasteiger charge is -2.01. The van der Waals surface area contributed by atoms with Crippen molar-refractivity contribution < 1.29 is 4.74 Å². The molecule has 0 aromatic rings. The van der Waals surface area contributed by atoms with Gasteiger partial charge in [0, 0.05) is 19.6 Å². The van der Waals surface area contributed by atoms with Crippen LogP contribution in [0.5, 0.6) is 0 Å². The molecule has 0 spiro atoms. The lowest BCUT2D eigenvalue weighted by Crippen LogP contribution is -2.16. The number of methoxy groups -OCH3 is 1. The van der Waals surface area contributed by atoms with Gasteiger partial charge in [-0.25, -0.2) is 0 Å². The molecular formula is C7H16N2O. The Kier molecular flexibility index (Phi) is 4.94. The fraction of sp³-hybridized carbons (Fsp3) is 0.857. The van der Waals surface area contributed by atoms with Crippen molar-refractivity contribution in [3.63, 3.8) is 0 Å². The molecule has 0 saturated carbocycles. The first-order valence-corrected chi connectivity index (χ1v) is 3.48. The summed E-state index contributed by atoms with van der Waals surface area (Å²) in [4.78, 5) is 4.13. The summed E-state index contributed by atoms with van der Waals surface area (Å²) in [6.07, 6.45) is 0.731. The number of ether oxygens (including phenoxy) is 1. The highest BCUT2D eigenvalue weighted by Gasteiger charge is 1.92. The first-order chi connectivity index (χ1) is 4.66. The van der Waals surface area contributed by atoms with E-state index in [2.05, 4.69) is 4.99 Å². The predicted octanol–water partition coefficient (Wildman–Crippen LogP) is 0.789. The van der Waals surface area contributed by atoms with E-state index in [1.807, 2.05) is 13.8 Å². The third kappa shape index (κ3) is 5.56. The summed E-state index contributed by atoms with van der Waals surface area (Å²) >= 11 is 0. The van der Waals surface area contributed by atoms with Gasteiger partial charge >= 0.3 is 0 Å². The highest BCUT2D eigenvalue weighted by molar-refractivity contribution is 5.80. The predicted molar refractivity (Wildman–Crippen MR) is 43.3 cm³/mol. The lowest BCUT2D eigenvalue weighted by atomic mass is 10.4. The average Bonchev–Trinajstić information content (AvgIpc) is 1.82. The fourth-order valence-corrected chi connectivity index (χ4v) is 0.603. The summed E-state index contributed by atoms with van der Waals surface area (Å²) in [5.74, 6) is 0.678. The molecule has 3 nitrogen and oxygen atoms in total. The van der Waals surface area contributed by atoms with E-state index in [4.69, 9.17) is 10.5 Å². The van der Waals surface area contributed by atoms with E-state index in [9.17, 15) is 0 Å². The minimum Gasteiger partial charge on any atom is -0.387 e. The van der Waals surface area contributed by atoms with Crippen LogP contribution >= 0.6 is 0 Å². The van der Waals surface area contributed by atoms with Gasteiger partial charge < -0.3 is 10.5 Å². The minimum absolute atomic E-state index is 0.289. The van der Waals surface area contributed by atoms with Gasteiger partial charge in [-0.05, 0) is 13.8 Å². The number of aliphatic imine (C=N–C) groups is 1. The van der Waals surface area contributed by atoms with Gasteiger partial charge in [0.05, 0.1) is 12.4 Å². The molecule has 0 aliphatic rings. The number of amidine groups is 1. The lowest BCUT2D eigenvalue weighted by molar-refractivity contribution is 0.207. The maximum Gasteiger partial charge on any atom is 0.0963 e. The smallest absolute Gasteiger partial charge is 0.0963 e. The molecule has 0 fully saturated rings. The second kappa shape index (κ2) is 5.23. The Balaban J connectivity index is 3.49. The Labute approximate surface area is 62.3 Å². The molecule has 60 valence electrons. The molecule has 0 atom stereocenters. The number of nitrogens with zero attached hydrogens (tertiary/aromatic N) is 1. The topological polar surface area (TPSA) is 47.6 Å². The van der Waals surface area contributed by atoms with Gasteiger partial charge in [0.25, 0.3) is 0 Å². The molecule has 0 saturated heterocycles. The highest BCUT2D eigenvalue weighted by Crippen LogP contribution is 1.88. The van der Waals surface area contributed by atoms with E-state index in [0.29, 0.717) is 12.4 Å². The van der Waals surface area contributed by atoms with Crippen LogP contribution in [0.3, 0.4) is 0 Å². The van der Waals surface area contributed by atoms with E-state index in [1.165, 1.54) is 0 Å². The van der Waals surface area contributed by atoms with Gasteiger partial charge in [0.2, 0.25) is 0 Å². The van der Waals surface area contributed by atoms with Crippen LogP contribution in [0.25, 0.3) is 0 Å². The molecule has 0 heterocycles. The number of hydrogen-bond donors (Lipinski definition) is 1. The van der Waals surface area contributed by atoms with Gasteiger partial charge in [-0.3, -0.25) is 4.99 Å². The van der Waals surface area contributed by atoms with E-state index >= 15 is 0 Å². The molecule has 0 radical (unpaired) electrons. The first-order valence-electron chi connectivity index (χ1n) is 3.48. The van der Waals surface area contributed by atoms with Crippen LogP contribution in [0.2, 0.25) is 0 Å². The molecule has 0 rings (SSSR count). The van der Waals surface area contributed by atoms with E-state index in [0.717, 1.165) is 6.42 Å². The van der Waals surface area contributed by atoms with Crippen molar-refractivity contribution in [1.82, 2.24) is 0 Å². The van der Waals surface area contributed by atoms with E-state index < -0.39 is 0 Å². The molecule has 0 aromatic carbocycles. The number of nitrogens with two attached hydrogens (primary N) is 1. The van der Waals surface area contributed by atoms with Gasteiger partial charge in [0.15, 0.2) is 0 Å². The van der Waals surface area contributed by atoms with Gasteiger partial charge in [0.1, 0.15) is 0 Å². The second-order valence-corrected chi connectivity index (χ2v) is 2.46. The zero-order valence-corrected chi connectivity index (χ0v) is 6.92. The number of hydrogen-bond acceptors (Lipinski definition) is 2. The monoisotopic (exact) mass is 144 g/mol. The minimum atomic E-state index is 0.289. The van der Waals surface area contributed by atoms with Crippen LogP contribution in [-0.2, 0) is 4.74 Å². The van der Waals surface area contributed by atoms with Crippen molar-refractivity contribution in [2.24, 2.45) is 10.7 Å². The molecule has 0 aliphatic carbocycles. The Bertz CT molecular complexity index is 110. The molecule has 10 heavy (non-hydrogen) atoms. The molecule has 2 N–H and O–H groups in total. The summed E-state index contributed by atoms with van der Waals surface area (Å²) in [6.45, 7) is 4.65. The summed E-state index contributed by atoms with van der Waals surface area (Å²) < 4.78 is 4.83. The van der Waals surface area contributed by atoms with Crippen LogP contribution in [0, 0.1) is 0 Å². The quantitative estimate of drug-likeness (QED) is 0.468. The summed E-state index contributed by atoms with van der Waals surface area (Å²) in [6, 6.07) is 0.289. The van der Waals surface area contributed by atoms with Crippen LogP contribution < -0.4 is 5.73 Å². The highest BCUT2D eigenvalue weighted by atomic mass is 16.5.